The summed E-state index contributed by atoms with van der Waals surface area (Å²) >= 11 is 1.58. The standard InChI is InChI=1S/C18H18N4OS/c1-18(2)8-14-13(15(23)9-18)10-19-16-20-17(21-22(14)16)24-11-12-6-4-3-5-7-12/h3-7,10H,8-9,11H2,1-2H3. The number of carbonyl (C=O) groups excluding carboxylic acids is 1. The first-order chi connectivity index (χ1) is 11.5. The van der Waals surface area contributed by atoms with Gasteiger partial charge in [-0.15, -0.1) is 5.10 Å². The molecule has 24 heavy (non-hydrogen) atoms. The van der Waals surface area contributed by atoms with Gasteiger partial charge in [-0.05, 0) is 17.4 Å². The molecule has 0 atom stereocenters. The van der Waals surface area contributed by atoms with Crippen LogP contribution in [0.25, 0.3) is 5.78 Å². The summed E-state index contributed by atoms with van der Waals surface area (Å²) in [5.74, 6) is 1.52. The molecule has 1 aromatic carbocycles. The maximum absolute atomic E-state index is 12.4. The van der Waals surface area contributed by atoms with Gasteiger partial charge in [-0.1, -0.05) is 55.9 Å². The molecule has 2 aromatic heterocycles. The predicted octanol–water partition coefficient (Wildman–Crippen LogP) is 3.57. The molecular weight excluding hydrogens is 320 g/mol. The normalized spacial score (nSPS) is 16.3. The first-order valence-electron chi connectivity index (χ1n) is 7.96. The van der Waals surface area contributed by atoms with Crippen LogP contribution >= 0.6 is 11.8 Å². The van der Waals surface area contributed by atoms with Gasteiger partial charge in [-0.3, -0.25) is 4.79 Å². The molecule has 0 amide bonds. The summed E-state index contributed by atoms with van der Waals surface area (Å²) in [4.78, 5) is 21.2. The van der Waals surface area contributed by atoms with Crippen molar-refractivity contribution in [3.8, 4) is 0 Å². The highest BCUT2D eigenvalue weighted by atomic mass is 32.2. The van der Waals surface area contributed by atoms with Crippen LogP contribution in [0.3, 0.4) is 0 Å². The Labute approximate surface area is 144 Å². The van der Waals surface area contributed by atoms with Gasteiger partial charge in [0.05, 0.1) is 11.3 Å². The summed E-state index contributed by atoms with van der Waals surface area (Å²) in [6, 6.07) is 10.2. The molecule has 6 heteroatoms. The Morgan fingerprint density at radius 3 is 2.79 bits per heavy atom. The summed E-state index contributed by atoms with van der Waals surface area (Å²) in [7, 11) is 0. The lowest BCUT2D eigenvalue weighted by molar-refractivity contribution is 0.0908. The number of thioether (sulfide) groups is 1. The van der Waals surface area contributed by atoms with Gasteiger partial charge in [0, 0.05) is 18.4 Å². The molecule has 0 bridgehead atoms. The highest BCUT2D eigenvalue weighted by Crippen LogP contribution is 2.34. The fourth-order valence-corrected chi connectivity index (χ4v) is 3.87. The van der Waals surface area contributed by atoms with E-state index in [9.17, 15) is 4.79 Å². The Kier molecular flexibility index (Phi) is 3.64. The molecular formula is C18H18N4OS. The number of rotatable bonds is 3. The van der Waals surface area contributed by atoms with Gasteiger partial charge in [-0.2, -0.15) is 9.50 Å². The van der Waals surface area contributed by atoms with Gasteiger partial charge in [0.25, 0.3) is 5.78 Å². The summed E-state index contributed by atoms with van der Waals surface area (Å²) < 4.78 is 1.75. The van der Waals surface area contributed by atoms with Crippen molar-refractivity contribution in [2.24, 2.45) is 5.41 Å². The van der Waals surface area contributed by atoms with Crippen LogP contribution in [0.1, 0.15) is 41.9 Å². The van der Waals surface area contributed by atoms with Gasteiger partial charge in [-0.25, -0.2) is 4.98 Å². The topological polar surface area (TPSA) is 60.2 Å². The van der Waals surface area contributed by atoms with Crippen LogP contribution < -0.4 is 0 Å². The number of hydrogen-bond donors (Lipinski definition) is 0. The van der Waals surface area contributed by atoms with Crippen molar-refractivity contribution in [1.82, 2.24) is 19.6 Å². The Morgan fingerprint density at radius 2 is 2.00 bits per heavy atom. The Balaban J connectivity index is 1.67. The summed E-state index contributed by atoms with van der Waals surface area (Å²) in [5.41, 5.74) is 2.79. The summed E-state index contributed by atoms with van der Waals surface area (Å²) in [6.07, 6.45) is 3.01. The molecule has 2 heterocycles. The lowest BCUT2D eigenvalue weighted by Gasteiger charge is -2.29. The zero-order valence-electron chi connectivity index (χ0n) is 13.7. The van der Waals surface area contributed by atoms with Crippen LogP contribution in [-0.4, -0.2) is 25.4 Å². The van der Waals surface area contributed by atoms with Crippen LogP contribution in [-0.2, 0) is 12.2 Å². The molecule has 0 unspecified atom stereocenters. The van der Waals surface area contributed by atoms with Crippen molar-refractivity contribution in [2.45, 2.75) is 37.6 Å². The van der Waals surface area contributed by atoms with Crippen LogP contribution in [0.2, 0.25) is 0 Å². The largest absolute Gasteiger partial charge is 0.294 e. The number of aromatic nitrogens is 4. The maximum Gasteiger partial charge on any atom is 0.253 e. The molecule has 0 saturated carbocycles. The highest BCUT2D eigenvalue weighted by Gasteiger charge is 2.33. The lowest BCUT2D eigenvalue weighted by atomic mass is 9.76. The van der Waals surface area contributed by atoms with E-state index in [4.69, 9.17) is 0 Å². The highest BCUT2D eigenvalue weighted by molar-refractivity contribution is 7.98. The van der Waals surface area contributed by atoms with Crippen LogP contribution in [0, 0.1) is 5.41 Å². The third-order valence-electron chi connectivity index (χ3n) is 4.24. The minimum Gasteiger partial charge on any atom is -0.294 e. The fraction of sp³-hybridized carbons (Fsp3) is 0.333. The van der Waals surface area contributed by atoms with Crippen molar-refractivity contribution in [1.29, 1.82) is 0 Å². The predicted molar refractivity (Wildman–Crippen MR) is 93.2 cm³/mol. The van der Waals surface area contributed by atoms with E-state index < -0.39 is 0 Å². The molecule has 3 aromatic rings. The number of carbonyl (C=O) groups is 1. The van der Waals surface area contributed by atoms with E-state index in [-0.39, 0.29) is 11.2 Å². The van der Waals surface area contributed by atoms with Gasteiger partial charge in [0.15, 0.2) is 5.78 Å². The van der Waals surface area contributed by atoms with E-state index in [1.807, 2.05) is 18.2 Å². The van der Waals surface area contributed by atoms with Crippen LogP contribution in [0.5, 0.6) is 0 Å². The van der Waals surface area contributed by atoms with E-state index in [0.29, 0.717) is 22.9 Å². The first kappa shape index (κ1) is 15.3. The first-order valence-corrected chi connectivity index (χ1v) is 8.95. The van der Waals surface area contributed by atoms with Crippen molar-refractivity contribution >= 4 is 23.3 Å². The minimum atomic E-state index is -0.0539. The van der Waals surface area contributed by atoms with Crippen molar-refractivity contribution in [3.63, 3.8) is 0 Å². The number of hydrogen-bond acceptors (Lipinski definition) is 5. The fourth-order valence-electron chi connectivity index (χ4n) is 3.09. The molecule has 0 radical (unpaired) electrons. The molecule has 0 saturated heterocycles. The Bertz CT molecular complexity index is 917. The molecule has 1 aliphatic rings. The second kappa shape index (κ2) is 5.70. The second-order valence-corrected chi connectivity index (χ2v) is 7.88. The molecule has 0 spiro atoms. The smallest absolute Gasteiger partial charge is 0.253 e. The van der Waals surface area contributed by atoms with Crippen LogP contribution in [0.4, 0.5) is 0 Å². The van der Waals surface area contributed by atoms with E-state index in [1.54, 1.807) is 22.5 Å². The number of Topliss-reactive ketones (excluding diaryl/α,β-unsaturated/α-hetero) is 1. The molecule has 122 valence electrons. The van der Waals surface area contributed by atoms with E-state index in [0.717, 1.165) is 17.9 Å². The minimum absolute atomic E-state index is 0.0539. The zero-order chi connectivity index (χ0) is 16.7. The summed E-state index contributed by atoms with van der Waals surface area (Å²) in [5, 5.41) is 5.29. The Morgan fingerprint density at radius 1 is 1.21 bits per heavy atom. The zero-order valence-corrected chi connectivity index (χ0v) is 14.5. The van der Waals surface area contributed by atoms with Crippen molar-refractivity contribution in [2.75, 3.05) is 0 Å². The van der Waals surface area contributed by atoms with Gasteiger partial charge < -0.3 is 0 Å². The monoisotopic (exact) mass is 338 g/mol. The molecule has 0 N–H and O–H groups in total. The van der Waals surface area contributed by atoms with E-state index in [2.05, 4.69) is 41.0 Å². The molecule has 0 fully saturated rings. The van der Waals surface area contributed by atoms with Crippen LogP contribution in [0.15, 0.2) is 41.7 Å². The van der Waals surface area contributed by atoms with E-state index >= 15 is 0 Å². The van der Waals surface area contributed by atoms with Crippen molar-refractivity contribution < 1.29 is 4.79 Å². The number of ketones is 1. The average Bonchev–Trinajstić information content (AvgIpc) is 2.96. The van der Waals surface area contributed by atoms with Crippen molar-refractivity contribution in [3.05, 3.63) is 53.3 Å². The number of benzene rings is 1. The quantitative estimate of drug-likeness (QED) is 0.683. The molecule has 4 rings (SSSR count). The van der Waals surface area contributed by atoms with Gasteiger partial charge in [0.1, 0.15) is 0 Å². The molecule has 0 aliphatic heterocycles. The maximum atomic E-state index is 12.4. The second-order valence-electron chi connectivity index (χ2n) is 6.94. The number of nitrogens with zero attached hydrogens (tertiary/aromatic N) is 4. The SMILES string of the molecule is CC1(C)CC(=O)c2cnc3nc(SCc4ccccc4)nn3c2C1. The number of fused-ring (bicyclic) bond motifs is 3. The van der Waals surface area contributed by atoms with Gasteiger partial charge in [0.2, 0.25) is 5.16 Å². The molecule has 5 nitrogen and oxygen atoms in total. The van der Waals surface area contributed by atoms with E-state index in [1.165, 1.54) is 5.56 Å². The lowest BCUT2D eigenvalue weighted by Crippen LogP contribution is -2.29. The molecule has 1 aliphatic carbocycles. The third-order valence-corrected chi connectivity index (χ3v) is 5.15. The Hall–Kier alpha value is -2.21. The van der Waals surface area contributed by atoms with Gasteiger partial charge >= 0.3 is 0 Å². The third kappa shape index (κ3) is 2.82. The average molecular weight is 338 g/mol. The summed E-state index contributed by atoms with van der Waals surface area (Å²) in [6.45, 7) is 4.23.